The highest BCUT2D eigenvalue weighted by atomic mass is 16.1. The van der Waals surface area contributed by atoms with E-state index in [1.807, 2.05) is 37.3 Å². The molecule has 0 radical (unpaired) electrons. The van der Waals surface area contributed by atoms with Crippen LogP contribution in [0.4, 0.5) is 0 Å². The zero-order chi connectivity index (χ0) is 18.5. The Bertz CT molecular complexity index is 878. The lowest BCUT2D eigenvalue weighted by atomic mass is 10.1. The zero-order valence-electron chi connectivity index (χ0n) is 15.8. The van der Waals surface area contributed by atoms with E-state index in [2.05, 4.69) is 41.9 Å². The molecule has 3 aromatic rings. The van der Waals surface area contributed by atoms with Gasteiger partial charge in [-0.25, -0.2) is 4.98 Å². The van der Waals surface area contributed by atoms with Crippen molar-refractivity contribution in [2.75, 3.05) is 6.54 Å². The molecule has 1 aromatic heterocycles. The molecular formula is C22H27N3O. The van der Waals surface area contributed by atoms with Crippen molar-refractivity contribution in [1.82, 2.24) is 14.9 Å². The molecule has 0 fully saturated rings. The van der Waals surface area contributed by atoms with Crippen LogP contribution in [-0.4, -0.2) is 22.0 Å². The van der Waals surface area contributed by atoms with Gasteiger partial charge in [-0.15, -0.1) is 0 Å². The Kier molecular flexibility index (Phi) is 5.71. The number of fused-ring (bicyclic) bond motifs is 1. The lowest BCUT2D eigenvalue weighted by Crippen LogP contribution is -2.26. The van der Waals surface area contributed by atoms with E-state index in [-0.39, 0.29) is 5.91 Å². The maximum absolute atomic E-state index is 12.3. The summed E-state index contributed by atoms with van der Waals surface area (Å²) in [5.41, 5.74) is 4.05. The average molecular weight is 349 g/mol. The minimum absolute atomic E-state index is 0.0326. The molecule has 0 saturated carbocycles. The molecule has 4 heteroatoms. The number of carbonyl (C=O) groups is 1. The highest BCUT2D eigenvalue weighted by molar-refractivity contribution is 5.94. The predicted molar refractivity (Wildman–Crippen MR) is 106 cm³/mol. The van der Waals surface area contributed by atoms with Gasteiger partial charge in [0.15, 0.2) is 0 Å². The number of hydrogen-bond donors (Lipinski definition) is 1. The number of benzene rings is 2. The molecule has 0 spiro atoms. The van der Waals surface area contributed by atoms with E-state index in [1.54, 1.807) is 0 Å². The van der Waals surface area contributed by atoms with Crippen molar-refractivity contribution in [3.63, 3.8) is 0 Å². The van der Waals surface area contributed by atoms with Crippen LogP contribution in [0.3, 0.4) is 0 Å². The lowest BCUT2D eigenvalue weighted by molar-refractivity contribution is 0.0954. The van der Waals surface area contributed by atoms with Crippen LogP contribution in [0, 0.1) is 12.8 Å². The first-order chi connectivity index (χ1) is 12.5. The molecular weight excluding hydrogens is 322 g/mol. The van der Waals surface area contributed by atoms with Crippen molar-refractivity contribution in [3.05, 3.63) is 65.5 Å². The minimum Gasteiger partial charge on any atom is -0.352 e. The third-order valence-electron chi connectivity index (χ3n) is 4.61. The van der Waals surface area contributed by atoms with E-state index in [0.29, 0.717) is 18.0 Å². The molecule has 0 aliphatic heterocycles. The van der Waals surface area contributed by atoms with Gasteiger partial charge in [-0.05, 0) is 43.5 Å². The largest absolute Gasteiger partial charge is 0.352 e. The van der Waals surface area contributed by atoms with Gasteiger partial charge in [0.25, 0.3) is 5.91 Å². The smallest absolute Gasteiger partial charge is 0.251 e. The van der Waals surface area contributed by atoms with Crippen LogP contribution in [0.5, 0.6) is 0 Å². The third kappa shape index (κ3) is 4.31. The van der Waals surface area contributed by atoms with Gasteiger partial charge < -0.3 is 9.88 Å². The van der Waals surface area contributed by atoms with E-state index in [9.17, 15) is 4.79 Å². The van der Waals surface area contributed by atoms with E-state index in [0.717, 1.165) is 36.3 Å². The number of aryl methyl sites for hydroxylation is 2. The molecule has 0 bridgehead atoms. The summed E-state index contributed by atoms with van der Waals surface area (Å²) in [5, 5.41) is 3.01. The Hall–Kier alpha value is -2.62. The summed E-state index contributed by atoms with van der Waals surface area (Å²) < 4.78 is 2.30. The molecule has 3 rings (SSSR count). The summed E-state index contributed by atoms with van der Waals surface area (Å²) in [4.78, 5) is 17.1. The Morgan fingerprint density at radius 3 is 2.58 bits per heavy atom. The van der Waals surface area contributed by atoms with Crippen LogP contribution in [0.25, 0.3) is 11.0 Å². The Balaban J connectivity index is 1.68. The van der Waals surface area contributed by atoms with Gasteiger partial charge in [-0.2, -0.15) is 0 Å². The number of hydrogen-bond acceptors (Lipinski definition) is 2. The Labute approximate surface area is 155 Å². The normalized spacial score (nSPS) is 11.2. The van der Waals surface area contributed by atoms with E-state index in [1.165, 1.54) is 5.52 Å². The average Bonchev–Trinajstić information content (AvgIpc) is 2.98. The number of aromatic nitrogens is 2. The summed E-state index contributed by atoms with van der Waals surface area (Å²) in [6.07, 6.45) is 1.84. The van der Waals surface area contributed by atoms with E-state index < -0.39 is 0 Å². The minimum atomic E-state index is -0.0326. The number of rotatable bonds is 7. The number of imidazole rings is 1. The van der Waals surface area contributed by atoms with E-state index in [4.69, 9.17) is 4.98 Å². The molecule has 2 aromatic carbocycles. The molecule has 26 heavy (non-hydrogen) atoms. The Morgan fingerprint density at radius 1 is 1.12 bits per heavy atom. The van der Waals surface area contributed by atoms with Crippen LogP contribution < -0.4 is 5.32 Å². The first-order valence-electron chi connectivity index (χ1n) is 9.33. The van der Waals surface area contributed by atoms with E-state index >= 15 is 0 Å². The molecule has 0 aliphatic carbocycles. The molecule has 1 N–H and O–H groups in total. The standard InChI is InChI=1S/C22H27N3O/c1-16(2)13-15-25-20-7-5-4-6-19(20)24-21(25)12-14-23-22(26)18-10-8-17(3)9-11-18/h4-11,16H,12-15H2,1-3H3,(H,23,26). The van der Waals surface area contributed by atoms with Crippen molar-refractivity contribution in [3.8, 4) is 0 Å². The van der Waals surface area contributed by atoms with Crippen molar-refractivity contribution in [2.45, 2.75) is 40.2 Å². The second-order valence-corrected chi connectivity index (χ2v) is 7.22. The maximum Gasteiger partial charge on any atom is 0.251 e. The SMILES string of the molecule is Cc1ccc(C(=O)NCCc2nc3ccccc3n2CCC(C)C)cc1. The molecule has 0 saturated heterocycles. The van der Waals surface area contributed by atoms with Crippen LogP contribution >= 0.6 is 0 Å². The summed E-state index contributed by atoms with van der Waals surface area (Å²) in [5.74, 6) is 1.65. The molecule has 1 heterocycles. The fraction of sp³-hybridized carbons (Fsp3) is 0.364. The van der Waals surface area contributed by atoms with Crippen molar-refractivity contribution in [1.29, 1.82) is 0 Å². The first-order valence-corrected chi connectivity index (χ1v) is 9.33. The van der Waals surface area contributed by atoms with Crippen LogP contribution in [0.15, 0.2) is 48.5 Å². The summed E-state index contributed by atoms with van der Waals surface area (Å²) in [6.45, 7) is 8.03. The van der Waals surface area contributed by atoms with Crippen molar-refractivity contribution in [2.24, 2.45) is 5.92 Å². The Morgan fingerprint density at radius 2 is 1.85 bits per heavy atom. The van der Waals surface area contributed by atoms with Gasteiger partial charge >= 0.3 is 0 Å². The molecule has 136 valence electrons. The van der Waals surface area contributed by atoms with Gasteiger partial charge in [-0.3, -0.25) is 4.79 Å². The highest BCUT2D eigenvalue weighted by Gasteiger charge is 2.11. The van der Waals surface area contributed by atoms with Gasteiger partial charge in [0.2, 0.25) is 0 Å². The van der Waals surface area contributed by atoms with Crippen LogP contribution in [0.1, 0.15) is 42.0 Å². The number of para-hydroxylation sites is 2. The molecule has 0 aliphatic rings. The molecule has 0 atom stereocenters. The summed E-state index contributed by atoms with van der Waals surface area (Å²) in [6, 6.07) is 15.9. The third-order valence-corrected chi connectivity index (χ3v) is 4.61. The van der Waals surface area contributed by atoms with Crippen LogP contribution in [0.2, 0.25) is 0 Å². The van der Waals surface area contributed by atoms with Crippen molar-refractivity contribution < 1.29 is 4.79 Å². The van der Waals surface area contributed by atoms with Gasteiger partial charge in [-0.1, -0.05) is 43.7 Å². The second kappa shape index (κ2) is 8.17. The predicted octanol–water partition coefficient (Wildman–Crippen LogP) is 4.36. The highest BCUT2D eigenvalue weighted by Crippen LogP contribution is 2.18. The van der Waals surface area contributed by atoms with Gasteiger partial charge in [0.1, 0.15) is 5.82 Å². The number of nitrogens with one attached hydrogen (secondary N) is 1. The number of amides is 1. The fourth-order valence-electron chi connectivity index (χ4n) is 3.05. The molecule has 4 nitrogen and oxygen atoms in total. The summed E-state index contributed by atoms with van der Waals surface area (Å²) in [7, 11) is 0. The fourth-order valence-corrected chi connectivity index (χ4v) is 3.05. The summed E-state index contributed by atoms with van der Waals surface area (Å²) >= 11 is 0. The number of carbonyl (C=O) groups excluding carboxylic acids is 1. The van der Waals surface area contributed by atoms with Crippen molar-refractivity contribution >= 4 is 16.9 Å². The van der Waals surface area contributed by atoms with Gasteiger partial charge in [0.05, 0.1) is 11.0 Å². The second-order valence-electron chi connectivity index (χ2n) is 7.22. The first kappa shape index (κ1) is 18.2. The van der Waals surface area contributed by atoms with Gasteiger partial charge in [0, 0.05) is 25.1 Å². The molecule has 0 unspecified atom stereocenters. The lowest BCUT2D eigenvalue weighted by Gasteiger charge is -2.11. The zero-order valence-corrected chi connectivity index (χ0v) is 15.8. The monoisotopic (exact) mass is 349 g/mol. The van der Waals surface area contributed by atoms with Crippen LogP contribution in [-0.2, 0) is 13.0 Å². The maximum atomic E-state index is 12.3. The molecule has 1 amide bonds. The quantitative estimate of drug-likeness (QED) is 0.689. The number of nitrogens with zero attached hydrogens (tertiary/aromatic N) is 2. The topological polar surface area (TPSA) is 46.9 Å².